The maximum Gasteiger partial charge on any atom is 0.289 e. The Balaban J connectivity index is 1.38. The van der Waals surface area contributed by atoms with Crippen LogP contribution in [0.2, 0.25) is 0 Å². The fourth-order valence-electron chi connectivity index (χ4n) is 4.99. The van der Waals surface area contributed by atoms with E-state index < -0.39 is 0 Å². The number of nitrogens with zero attached hydrogens (tertiary/aromatic N) is 3. The van der Waals surface area contributed by atoms with Gasteiger partial charge in [0.05, 0.1) is 6.10 Å². The zero-order chi connectivity index (χ0) is 19.0. The Bertz CT molecular complexity index is 655. The molecule has 150 valence electrons. The number of furan rings is 1. The molecule has 0 spiro atoms. The highest BCUT2D eigenvalue weighted by atomic mass is 16.5. The van der Waals surface area contributed by atoms with Crippen molar-refractivity contribution < 1.29 is 19.1 Å². The Labute approximate surface area is 160 Å². The molecule has 4 atom stereocenters. The van der Waals surface area contributed by atoms with Crippen LogP contribution in [0.5, 0.6) is 0 Å². The van der Waals surface area contributed by atoms with Gasteiger partial charge in [0.25, 0.3) is 5.91 Å². The molecule has 7 heteroatoms. The summed E-state index contributed by atoms with van der Waals surface area (Å²) < 4.78 is 10.7. The Morgan fingerprint density at radius 2 is 1.89 bits per heavy atom. The number of carbonyl (C=O) groups is 1. The molecule has 0 unspecified atom stereocenters. The molecule has 0 radical (unpaired) electrons. The first-order valence-electron chi connectivity index (χ1n) is 10.0. The zero-order valence-corrected chi connectivity index (χ0v) is 16.3. The Kier molecular flexibility index (Phi) is 5.55. The van der Waals surface area contributed by atoms with Crippen LogP contribution in [0, 0.1) is 11.8 Å². The standard InChI is InChI=1S/C20H31N3O4/c1-21-5-7-22(8-6-21)17-9-14-11-23(12-15(14)10-18(17)24)20(25)19-4-3-16(27-19)13-26-2/h3-4,14-15,17-18,24H,5-13H2,1-2H3/t14-,15+,17-,18-/m1/s1. The van der Waals surface area contributed by atoms with Crippen LogP contribution >= 0.6 is 0 Å². The van der Waals surface area contributed by atoms with E-state index in [1.54, 1.807) is 19.2 Å². The summed E-state index contributed by atoms with van der Waals surface area (Å²) in [5, 5.41) is 10.7. The molecule has 1 aromatic heterocycles. The first kappa shape index (κ1) is 18.9. The number of likely N-dealkylation sites (N-methyl/N-ethyl adjacent to an activating group) is 1. The van der Waals surface area contributed by atoms with E-state index in [1.165, 1.54) is 0 Å². The highest BCUT2D eigenvalue weighted by molar-refractivity contribution is 5.91. The van der Waals surface area contributed by atoms with Gasteiger partial charge in [-0.3, -0.25) is 9.69 Å². The fourth-order valence-corrected chi connectivity index (χ4v) is 4.99. The molecule has 2 aliphatic heterocycles. The summed E-state index contributed by atoms with van der Waals surface area (Å²) in [6, 6.07) is 3.76. The van der Waals surface area contributed by atoms with Crippen molar-refractivity contribution in [3.63, 3.8) is 0 Å². The van der Waals surface area contributed by atoms with Gasteiger partial charge in [-0.1, -0.05) is 0 Å². The second kappa shape index (κ2) is 7.91. The SMILES string of the molecule is COCc1ccc(C(=O)N2C[C@H]3C[C@@H](N4CCN(C)CC4)[C@H](O)C[C@H]3C2)o1. The summed E-state index contributed by atoms with van der Waals surface area (Å²) >= 11 is 0. The van der Waals surface area contributed by atoms with Crippen molar-refractivity contribution in [3.8, 4) is 0 Å². The number of piperazine rings is 1. The second-order valence-electron chi connectivity index (χ2n) is 8.37. The smallest absolute Gasteiger partial charge is 0.289 e. The average Bonchev–Trinajstić information content (AvgIpc) is 3.28. The quantitative estimate of drug-likeness (QED) is 0.840. The summed E-state index contributed by atoms with van der Waals surface area (Å²) in [6.45, 7) is 6.02. The van der Waals surface area contributed by atoms with Gasteiger partial charge < -0.3 is 24.1 Å². The van der Waals surface area contributed by atoms with Crippen molar-refractivity contribution in [1.82, 2.24) is 14.7 Å². The predicted molar refractivity (Wildman–Crippen MR) is 100 cm³/mol. The van der Waals surface area contributed by atoms with Crippen molar-refractivity contribution in [1.29, 1.82) is 0 Å². The van der Waals surface area contributed by atoms with Crippen molar-refractivity contribution in [2.24, 2.45) is 11.8 Å². The largest absolute Gasteiger partial charge is 0.453 e. The van der Waals surface area contributed by atoms with E-state index in [9.17, 15) is 9.90 Å². The molecule has 1 saturated carbocycles. The first-order chi connectivity index (χ1) is 13.0. The van der Waals surface area contributed by atoms with E-state index >= 15 is 0 Å². The molecule has 1 aromatic rings. The number of fused-ring (bicyclic) bond motifs is 1. The van der Waals surface area contributed by atoms with Crippen LogP contribution in [0.25, 0.3) is 0 Å². The molecule has 3 aliphatic rings. The highest BCUT2D eigenvalue weighted by Gasteiger charge is 2.45. The number of hydrogen-bond acceptors (Lipinski definition) is 6. The van der Waals surface area contributed by atoms with Gasteiger partial charge in [-0.15, -0.1) is 0 Å². The lowest BCUT2D eigenvalue weighted by atomic mass is 9.77. The van der Waals surface area contributed by atoms with Gasteiger partial charge in [0.15, 0.2) is 5.76 Å². The number of aliphatic hydroxyl groups excluding tert-OH is 1. The normalized spacial score (nSPS) is 32.6. The molecule has 1 N–H and O–H groups in total. The molecule has 0 aromatic carbocycles. The number of rotatable bonds is 4. The number of ether oxygens (including phenoxy) is 1. The van der Waals surface area contributed by atoms with Crippen LogP contribution in [0.3, 0.4) is 0 Å². The minimum Gasteiger partial charge on any atom is -0.453 e. The molecule has 0 bridgehead atoms. The minimum atomic E-state index is -0.290. The summed E-state index contributed by atoms with van der Waals surface area (Å²) in [6.07, 6.45) is 1.48. The number of methoxy groups -OCH3 is 1. The van der Waals surface area contributed by atoms with Crippen LogP contribution in [0.4, 0.5) is 0 Å². The van der Waals surface area contributed by atoms with E-state index in [0.717, 1.165) is 52.1 Å². The first-order valence-corrected chi connectivity index (χ1v) is 10.0. The van der Waals surface area contributed by atoms with E-state index in [2.05, 4.69) is 16.8 Å². The molecule has 27 heavy (non-hydrogen) atoms. The third-order valence-electron chi connectivity index (χ3n) is 6.56. The van der Waals surface area contributed by atoms with Crippen LogP contribution in [0.1, 0.15) is 29.2 Å². The number of amides is 1. The lowest BCUT2D eigenvalue weighted by Gasteiger charge is -2.44. The van der Waals surface area contributed by atoms with E-state index in [4.69, 9.17) is 9.15 Å². The lowest BCUT2D eigenvalue weighted by molar-refractivity contribution is -0.0249. The number of carbonyl (C=O) groups excluding carboxylic acids is 1. The maximum absolute atomic E-state index is 12.8. The Hall–Kier alpha value is -1.41. The summed E-state index contributed by atoms with van der Waals surface area (Å²) in [4.78, 5) is 19.5. The molecular formula is C20H31N3O4. The topological polar surface area (TPSA) is 69.4 Å². The summed E-state index contributed by atoms with van der Waals surface area (Å²) in [5.74, 6) is 1.87. The Morgan fingerprint density at radius 1 is 1.19 bits per heavy atom. The van der Waals surface area contributed by atoms with Crippen molar-refractivity contribution in [3.05, 3.63) is 23.7 Å². The van der Waals surface area contributed by atoms with Crippen molar-refractivity contribution in [2.45, 2.75) is 31.6 Å². The highest BCUT2D eigenvalue weighted by Crippen LogP contribution is 2.39. The minimum absolute atomic E-state index is 0.0441. The second-order valence-corrected chi connectivity index (χ2v) is 8.37. The van der Waals surface area contributed by atoms with Crippen LogP contribution in [0.15, 0.2) is 16.5 Å². The third-order valence-corrected chi connectivity index (χ3v) is 6.56. The monoisotopic (exact) mass is 377 g/mol. The van der Waals surface area contributed by atoms with E-state index in [-0.39, 0.29) is 18.1 Å². The number of aliphatic hydroxyl groups is 1. The van der Waals surface area contributed by atoms with Crippen molar-refractivity contribution in [2.75, 3.05) is 53.4 Å². The molecule has 1 amide bonds. The molecule has 4 rings (SSSR count). The molecule has 3 heterocycles. The van der Waals surface area contributed by atoms with Crippen LogP contribution in [-0.4, -0.2) is 91.3 Å². The van der Waals surface area contributed by atoms with Gasteiger partial charge in [0, 0.05) is 52.4 Å². The van der Waals surface area contributed by atoms with Crippen LogP contribution in [-0.2, 0) is 11.3 Å². The van der Waals surface area contributed by atoms with Crippen molar-refractivity contribution >= 4 is 5.91 Å². The number of likely N-dealkylation sites (tertiary alicyclic amines) is 1. The van der Waals surface area contributed by atoms with E-state index in [1.807, 2.05) is 4.90 Å². The van der Waals surface area contributed by atoms with Crippen LogP contribution < -0.4 is 0 Å². The lowest BCUT2D eigenvalue weighted by Crippen LogP contribution is -2.55. The van der Waals surface area contributed by atoms with E-state index in [0.29, 0.717) is 30.0 Å². The molecule has 3 fully saturated rings. The number of hydrogen-bond donors (Lipinski definition) is 1. The fraction of sp³-hybridized carbons (Fsp3) is 0.750. The summed E-state index contributed by atoms with van der Waals surface area (Å²) in [5.41, 5.74) is 0. The third kappa shape index (κ3) is 3.92. The van der Waals surface area contributed by atoms with Gasteiger partial charge in [0.1, 0.15) is 12.4 Å². The average molecular weight is 377 g/mol. The van der Waals surface area contributed by atoms with Gasteiger partial charge in [-0.25, -0.2) is 0 Å². The van der Waals surface area contributed by atoms with Gasteiger partial charge >= 0.3 is 0 Å². The van der Waals surface area contributed by atoms with Gasteiger partial charge in [-0.05, 0) is 43.9 Å². The Morgan fingerprint density at radius 3 is 2.59 bits per heavy atom. The zero-order valence-electron chi connectivity index (χ0n) is 16.3. The predicted octanol–water partition coefficient (Wildman–Crippen LogP) is 0.885. The van der Waals surface area contributed by atoms with Gasteiger partial charge in [0.2, 0.25) is 0 Å². The van der Waals surface area contributed by atoms with Gasteiger partial charge in [-0.2, -0.15) is 0 Å². The molecular weight excluding hydrogens is 346 g/mol. The molecule has 2 saturated heterocycles. The summed E-state index contributed by atoms with van der Waals surface area (Å²) in [7, 11) is 3.76. The molecule has 1 aliphatic carbocycles. The maximum atomic E-state index is 12.8. The molecule has 7 nitrogen and oxygen atoms in total.